The van der Waals surface area contributed by atoms with Crippen LogP contribution in [0.25, 0.3) is 5.69 Å². The van der Waals surface area contributed by atoms with Gasteiger partial charge in [-0.2, -0.15) is 5.10 Å². The summed E-state index contributed by atoms with van der Waals surface area (Å²) in [6.07, 6.45) is 1.54. The second-order valence-corrected chi connectivity index (χ2v) is 4.45. The summed E-state index contributed by atoms with van der Waals surface area (Å²) in [5, 5.41) is 4.37. The maximum absolute atomic E-state index is 11.1. The van der Waals surface area contributed by atoms with Crippen molar-refractivity contribution in [2.45, 2.75) is 13.8 Å². The van der Waals surface area contributed by atoms with Gasteiger partial charge in [-0.25, -0.2) is 4.68 Å². The Hall–Kier alpha value is -1.69. The minimum Gasteiger partial charge on any atom is -0.364 e. The van der Waals surface area contributed by atoms with Gasteiger partial charge in [0.2, 0.25) is 0 Å². The number of pyridine rings is 1. The van der Waals surface area contributed by atoms with Crippen molar-refractivity contribution in [3.8, 4) is 5.69 Å². The van der Waals surface area contributed by atoms with Crippen LogP contribution in [0, 0.1) is 13.8 Å². The van der Waals surface area contributed by atoms with Crippen LogP contribution < -0.4 is 5.73 Å². The van der Waals surface area contributed by atoms with Crippen molar-refractivity contribution >= 4 is 21.8 Å². The van der Waals surface area contributed by atoms with E-state index in [9.17, 15) is 4.79 Å². The molecule has 2 rings (SSSR count). The normalized spacial score (nSPS) is 10.5. The summed E-state index contributed by atoms with van der Waals surface area (Å²) in [5.74, 6) is -0.549. The molecule has 0 saturated carbocycles. The number of carbonyl (C=O) groups is 1. The average Bonchev–Trinajstić information content (AvgIpc) is 2.57. The first-order valence-electron chi connectivity index (χ1n) is 4.98. The van der Waals surface area contributed by atoms with Gasteiger partial charge >= 0.3 is 0 Å². The molecule has 0 bridgehead atoms. The quantitative estimate of drug-likeness (QED) is 0.917. The van der Waals surface area contributed by atoms with Crippen molar-refractivity contribution in [3.63, 3.8) is 0 Å². The van der Waals surface area contributed by atoms with Crippen molar-refractivity contribution in [3.05, 3.63) is 39.9 Å². The first kappa shape index (κ1) is 11.8. The number of aromatic nitrogens is 3. The monoisotopic (exact) mass is 294 g/mol. The number of primary amides is 1. The van der Waals surface area contributed by atoms with Crippen LogP contribution in [0.2, 0.25) is 0 Å². The fourth-order valence-electron chi connectivity index (χ4n) is 1.56. The molecule has 6 heteroatoms. The summed E-state index contributed by atoms with van der Waals surface area (Å²) >= 11 is 3.45. The summed E-state index contributed by atoms with van der Waals surface area (Å²) in [6, 6.07) is 3.40. The largest absolute Gasteiger partial charge is 0.364 e. The Morgan fingerprint density at radius 3 is 2.71 bits per heavy atom. The third-order valence-corrected chi connectivity index (χ3v) is 3.59. The summed E-state index contributed by atoms with van der Waals surface area (Å²) in [4.78, 5) is 15.0. The summed E-state index contributed by atoms with van der Waals surface area (Å²) in [7, 11) is 0. The predicted octanol–water partition coefficient (Wildman–Crippen LogP) is 1.75. The van der Waals surface area contributed by atoms with Crippen molar-refractivity contribution in [1.29, 1.82) is 0 Å². The van der Waals surface area contributed by atoms with E-state index < -0.39 is 5.91 Å². The SMILES string of the molecule is Cc1nn(-c2ccnc(C(N)=O)c2)c(C)c1Br. The molecular weight excluding hydrogens is 284 g/mol. The number of nitrogens with two attached hydrogens (primary N) is 1. The van der Waals surface area contributed by atoms with Crippen LogP contribution in [-0.2, 0) is 0 Å². The number of aryl methyl sites for hydroxylation is 1. The lowest BCUT2D eigenvalue weighted by Gasteiger charge is -2.04. The third-order valence-electron chi connectivity index (χ3n) is 2.44. The summed E-state index contributed by atoms with van der Waals surface area (Å²) in [5.41, 5.74) is 8.04. The first-order valence-corrected chi connectivity index (χ1v) is 5.78. The molecule has 88 valence electrons. The van der Waals surface area contributed by atoms with Gasteiger partial charge in [0.15, 0.2) is 0 Å². The van der Waals surface area contributed by atoms with Gasteiger partial charge in [0.05, 0.1) is 21.5 Å². The number of halogens is 1. The highest BCUT2D eigenvalue weighted by Gasteiger charge is 2.11. The summed E-state index contributed by atoms with van der Waals surface area (Å²) in [6.45, 7) is 3.85. The molecular formula is C11H11BrN4O. The molecule has 2 aromatic rings. The van der Waals surface area contributed by atoms with Gasteiger partial charge in [-0.05, 0) is 41.9 Å². The molecule has 0 unspecified atom stereocenters. The van der Waals surface area contributed by atoms with Gasteiger partial charge in [-0.15, -0.1) is 0 Å². The number of amides is 1. The highest BCUT2D eigenvalue weighted by Crippen LogP contribution is 2.22. The molecule has 5 nitrogen and oxygen atoms in total. The minimum atomic E-state index is -0.549. The van der Waals surface area contributed by atoms with E-state index >= 15 is 0 Å². The lowest BCUT2D eigenvalue weighted by molar-refractivity contribution is 0.0995. The lowest BCUT2D eigenvalue weighted by atomic mass is 10.3. The minimum absolute atomic E-state index is 0.228. The van der Waals surface area contributed by atoms with E-state index in [4.69, 9.17) is 5.73 Å². The van der Waals surface area contributed by atoms with E-state index in [1.165, 1.54) is 0 Å². The second-order valence-electron chi connectivity index (χ2n) is 3.66. The molecule has 0 aliphatic carbocycles. The highest BCUT2D eigenvalue weighted by atomic mass is 79.9. The van der Waals surface area contributed by atoms with E-state index in [0.717, 1.165) is 21.5 Å². The molecule has 0 saturated heterocycles. The Bertz CT molecular complexity index is 591. The van der Waals surface area contributed by atoms with Gasteiger partial charge in [0, 0.05) is 6.20 Å². The van der Waals surface area contributed by atoms with E-state index in [0.29, 0.717) is 0 Å². The zero-order valence-corrected chi connectivity index (χ0v) is 11.0. The highest BCUT2D eigenvalue weighted by molar-refractivity contribution is 9.10. The maximum atomic E-state index is 11.1. The molecule has 0 aliphatic rings. The van der Waals surface area contributed by atoms with Crippen LogP contribution in [0.5, 0.6) is 0 Å². The number of hydrogen-bond acceptors (Lipinski definition) is 3. The van der Waals surface area contributed by atoms with Gasteiger partial charge < -0.3 is 5.73 Å². The fourth-order valence-corrected chi connectivity index (χ4v) is 1.81. The summed E-state index contributed by atoms with van der Waals surface area (Å²) < 4.78 is 2.70. The second kappa shape index (κ2) is 4.29. The number of carbonyl (C=O) groups excluding carboxylic acids is 1. The van der Waals surface area contributed by atoms with Gasteiger partial charge in [-0.3, -0.25) is 9.78 Å². The Balaban J connectivity index is 2.56. The fraction of sp³-hybridized carbons (Fsp3) is 0.182. The van der Waals surface area contributed by atoms with Gasteiger partial charge in [0.25, 0.3) is 5.91 Å². The number of hydrogen-bond donors (Lipinski definition) is 1. The lowest BCUT2D eigenvalue weighted by Crippen LogP contribution is -2.13. The molecule has 0 atom stereocenters. The zero-order chi connectivity index (χ0) is 12.6. The van der Waals surface area contributed by atoms with Crippen LogP contribution in [-0.4, -0.2) is 20.7 Å². The molecule has 0 aliphatic heterocycles. The standard InChI is InChI=1S/C11H11BrN4O/c1-6-10(12)7(2)16(15-6)8-3-4-14-9(5-8)11(13)17/h3-5H,1-2H3,(H2,13,17). The molecule has 0 radical (unpaired) electrons. The van der Waals surface area contributed by atoms with Crippen LogP contribution >= 0.6 is 15.9 Å². The molecule has 2 heterocycles. The zero-order valence-electron chi connectivity index (χ0n) is 9.44. The molecule has 1 amide bonds. The number of nitrogens with zero attached hydrogens (tertiary/aromatic N) is 3. The van der Waals surface area contributed by atoms with Gasteiger partial charge in [0.1, 0.15) is 5.69 Å². The van der Waals surface area contributed by atoms with Gasteiger partial charge in [-0.1, -0.05) is 0 Å². The van der Waals surface area contributed by atoms with Crippen LogP contribution in [0.1, 0.15) is 21.9 Å². The Morgan fingerprint density at radius 1 is 1.47 bits per heavy atom. The van der Waals surface area contributed by atoms with E-state index in [-0.39, 0.29) is 5.69 Å². The van der Waals surface area contributed by atoms with Crippen molar-refractivity contribution < 1.29 is 4.79 Å². The van der Waals surface area contributed by atoms with Crippen LogP contribution in [0.3, 0.4) is 0 Å². The first-order chi connectivity index (χ1) is 8.00. The van der Waals surface area contributed by atoms with Crippen molar-refractivity contribution in [2.75, 3.05) is 0 Å². The van der Waals surface area contributed by atoms with Crippen molar-refractivity contribution in [1.82, 2.24) is 14.8 Å². The Labute approximate surface area is 107 Å². The smallest absolute Gasteiger partial charge is 0.267 e. The van der Waals surface area contributed by atoms with Crippen LogP contribution in [0.15, 0.2) is 22.8 Å². The molecule has 0 spiro atoms. The van der Waals surface area contributed by atoms with E-state index in [1.807, 2.05) is 13.8 Å². The average molecular weight is 295 g/mol. The van der Waals surface area contributed by atoms with E-state index in [1.54, 1.807) is 23.0 Å². The van der Waals surface area contributed by atoms with E-state index in [2.05, 4.69) is 26.0 Å². The molecule has 0 aromatic carbocycles. The van der Waals surface area contributed by atoms with Crippen LogP contribution in [0.4, 0.5) is 0 Å². The molecule has 2 N–H and O–H groups in total. The third kappa shape index (κ3) is 2.08. The van der Waals surface area contributed by atoms with Crippen molar-refractivity contribution in [2.24, 2.45) is 5.73 Å². The Kier molecular flexibility index (Phi) is 2.97. The number of rotatable bonds is 2. The maximum Gasteiger partial charge on any atom is 0.267 e. The topological polar surface area (TPSA) is 73.8 Å². The molecule has 2 aromatic heterocycles. The predicted molar refractivity (Wildman–Crippen MR) is 67.1 cm³/mol. The molecule has 0 fully saturated rings. The Morgan fingerprint density at radius 2 is 2.18 bits per heavy atom. The molecule has 17 heavy (non-hydrogen) atoms.